The minimum absolute atomic E-state index is 0.808. The SMILES string of the molecule is CCC1CC(CC)[C@H](C2CCC([C@@H]3C(CC)CC(CC)C3COC)C2)C1COC. The lowest BCUT2D eigenvalue weighted by Gasteiger charge is -2.34. The molecular formula is C27H50O2. The van der Waals surface area contributed by atoms with E-state index in [4.69, 9.17) is 9.47 Å². The van der Waals surface area contributed by atoms with E-state index in [1.165, 1.54) is 57.8 Å². The summed E-state index contributed by atoms with van der Waals surface area (Å²) < 4.78 is 11.5. The zero-order valence-corrected chi connectivity index (χ0v) is 20.4. The van der Waals surface area contributed by atoms with E-state index in [2.05, 4.69) is 27.7 Å². The quantitative estimate of drug-likeness (QED) is 0.386. The molecule has 0 heterocycles. The summed E-state index contributed by atoms with van der Waals surface area (Å²) in [6.07, 6.45) is 12.8. The molecule has 0 aromatic rings. The second kappa shape index (κ2) is 11.0. The summed E-state index contributed by atoms with van der Waals surface area (Å²) in [7, 11) is 3.84. The molecule has 3 rings (SSSR count). The summed E-state index contributed by atoms with van der Waals surface area (Å²) in [4.78, 5) is 0. The highest BCUT2D eigenvalue weighted by molar-refractivity contribution is 5.00. The Kier molecular flexibility index (Phi) is 8.93. The van der Waals surface area contributed by atoms with Crippen molar-refractivity contribution in [1.82, 2.24) is 0 Å². The Hall–Kier alpha value is -0.0800. The molecule has 0 radical (unpaired) electrons. The summed E-state index contributed by atoms with van der Waals surface area (Å²) in [6.45, 7) is 11.7. The first-order valence-corrected chi connectivity index (χ1v) is 13.1. The van der Waals surface area contributed by atoms with Crippen LogP contribution in [0.3, 0.4) is 0 Å². The maximum Gasteiger partial charge on any atom is 0.0496 e. The van der Waals surface area contributed by atoms with Gasteiger partial charge in [0.05, 0.1) is 0 Å². The molecule has 29 heavy (non-hydrogen) atoms. The third-order valence-electron chi connectivity index (χ3n) is 9.92. The molecule has 8 unspecified atom stereocenters. The molecule has 3 aliphatic carbocycles. The van der Waals surface area contributed by atoms with Gasteiger partial charge in [0.1, 0.15) is 0 Å². The molecule has 2 heteroatoms. The average Bonchev–Trinajstić information content (AvgIpc) is 3.43. The first kappa shape index (κ1) is 23.6. The van der Waals surface area contributed by atoms with Crippen molar-refractivity contribution in [3.8, 4) is 0 Å². The van der Waals surface area contributed by atoms with Crippen molar-refractivity contribution in [1.29, 1.82) is 0 Å². The first-order chi connectivity index (χ1) is 14.1. The van der Waals surface area contributed by atoms with Gasteiger partial charge in [0.15, 0.2) is 0 Å². The highest BCUT2D eigenvalue weighted by atomic mass is 16.5. The molecule has 0 aromatic carbocycles. The van der Waals surface area contributed by atoms with Gasteiger partial charge in [-0.15, -0.1) is 0 Å². The fourth-order valence-corrected chi connectivity index (χ4v) is 8.69. The maximum absolute atomic E-state index is 5.76. The highest BCUT2D eigenvalue weighted by Crippen LogP contribution is 2.57. The normalized spacial score (nSPS) is 45.3. The predicted octanol–water partition coefficient (Wildman–Crippen LogP) is 7.07. The van der Waals surface area contributed by atoms with Gasteiger partial charge in [-0.1, -0.05) is 53.4 Å². The second-order valence-electron chi connectivity index (χ2n) is 10.9. The summed E-state index contributed by atoms with van der Waals surface area (Å²) in [6, 6.07) is 0. The van der Waals surface area contributed by atoms with Crippen molar-refractivity contribution < 1.29 is 9.47 Å². The number of hydrogen-bond donors (Lipinski definition) is 0. The lowest BCUT2D eigenvalue weighted by Crippen LogP contribution is -2.30. The molecule has 0 bridgehead atoms. The van der Waals surface area contributed by atoms with Gasteiger partial charge in [0, 0.05) is 27.4 Å². The van der Waals surface area contributed by atoms with Gasteiger partial charge in [0.2, 0.25) is 0 Å². The van der Waals surface area contributed by atoms with E-state index >= 15 is 0 Å². The van der Waals surface area contributed by atoms with Gasteiger partial charge < -0.3 is 9.47 Å². The minimum Gasteiger partial charge on any atom is -0.384 e. The van der Waals surface area contributed by atoms with E-state index in [9.17, 15) is 0 Å². The summed E-state index contributed by atoms with van der Waals surface area (Å²) in [5.41, 5.74) is 0. The van der Waals surface area contributed by atoms with Crippen LogP contribution >= 0.6 is 0 Å². The van der Waals surface area contributed by atoms with Crippen molar-refractivity contribution >= 4 is 0 Å². The molecule has 2 nitrogen and oxygen atoms in total. The van der Waals surface area contributed by atoms with Crippen LogP contribution in [0.4, 0.5) is 0 Å². The fourth-order valence-electron chi connectivity index (χ4n) is 8.69. The van der Waals surface area contributed by atoms with Gasteiger partial charge in [-0.2, -0.15) is 0 Å². The zero-order valence-electron chi connectivity index (χ0n) is 20.4. The van der Waals surface area contributed by atoms with E-state index in [0.29, 0.717) is 0 Å². The summed E-state index contributed by atoms with van der Waals surface area (Å²) >= 11 is 0. The molecule has 0 saturated heterocycles. The molecule has 0 aliphatic heterocycles. The first-order valence-electron chi connectivity index (χ1n) is 13.1. The van der Waals surface area contributed by atoms with Crippen molar-refractivity contribution in [2.45, 2.75) is 85.5 Å². The Morgan fingerprint density at radius 2 is 0.931 bits per heavy atom. The molecule has 170 valence electrons. The van der Waals surface area contributed by atoms with E-state index < -0.39 is 0 Å². The van der Waals surface area contributed by atoms with Crippen LogP contribution < -0.4 is 0 Å². The number of ether oxygens (including phenoxy) is 2. The van der Waals surface area contributed by atoms with Crippen LogP contribution in [0.15, 0.2) is 0 Å². The van der Waals surface area contributed by atoms with Crippen LogP contribution in [-0.2, 0) is 9.47 Å². The van der Waals surface area contributed by atoms with Crippen LogP contribution in [0.1, 0.15) is 85.5 Å². The minimum atomic E-state index is 0.808. The number of hydrogen-bond acceptors (Lipinski definition) is 2. The monoisotopic (exact) mass is 406 g/mol. The summed E-state index contributed by atoms with van der Waals surface area (Å²) in [5, 5.41) is 0. The second-order valence-corrected chi connectivity index (χ2v) is 10.9. The Labute approximate surface area is 181 Å². The Morgan fingerprint density at radius 1 is 0.552 bits per heavy atom. The molecule has 10 atom stereocenters. The molecular weight excluding hydrogens is 356 g/mol. The molecule has 0 aromatic heterocycles. The van der Waals surface area contributed by atoms with Crippen LogP contribution in [0.5, 0.6) is 0 Å². The molecule has 0 spiro atoms. The van der Waals surface area contributed by atoms with E-state index in [1.807, 2.05) is 14.2 Å². The zero-order chi connectivity index (χ0) is 21.0. The average molecular weight is 407 g/mol. The molecule has 0 amide bonds. The Balaban J connectivity index is 1.75. The predicted molar refractivity (Wildman–Crippen MR) is 123 cm³/mol. The topological polar surface area (TPSA) is 18.5 Å². The fraction of sp³-hybridized carbons (Fsp3) is 1.00. The maximum atomic E-state index is 5.76. The summed E-state index contributed by atoms with van der Waals surface area (Å²) in [5.74, 6) is 9.00. The van der Waals surface area contributed by atoms with Gasteiger partial charge in [-0.05, 0) is 91.3 Å². The third-order valence-corrected chi connectivity index (χ3v) is 9.92. The smallest absolute Gasteiger partial charge is 0.0496 e. The third kappa shape index (κ3) is 4.74. The lowest BCUT2D eigenvalue weighted by atomic mass is 9.72. The van der Waals surface area contributed by atoms with Crippen LogP contribution in [0, 0.1) is 59.2 Å². The van der Waals surface area contributed by atoms with E-state index in [1.54, 1.807) is 0 Å². The largest absolute Gasteiger partial charge is 0.384 e. The number of methoxy groups -OCH3 is 2. The van der Waals surface area contributed by atoms with Crippen LogP contribution in [0.25, 0.3) is 0 Å². The Bertz CT molecular complexity index is 435. The van der Waals surface area contributed by atoms with Crippen LogP contribution in [0.2, 0.25) is 0 Å². The highest BCUT2D eigenvalue weighted by Gasteiger charge is 2.51. The van der Waals surface area contributed by atoms with Crippen molar-refractivity contribution in [3.05, 3.63) is 0 Å². The van der Waals surface area contributed by atoms with Crippen molar-refractivity contribution in [2.24, 2.45) is 59.2 Å². The standard InChI is InChI=1S/C27H50O2/c1-7-18-13-20(9-3)26(24(18)16-28-5)22-11-12-23(15-22)27-21(10-4)14-19(8-2)25(27)17-29-6/h18-27H,7-17H2,1-6H3/t18?,19?,20?,21?,22?,23?,24?,25?,26-,27+. The Morgan fingerprint density at radius 3 is 1.24 bits per heavy atom. The van der Waals surface area contributed by atoms with Gasteiger partial charge >= 0.3 is 0 Å². The van der Waals surface area contributed by atoms with Gasteiger partial charge in [-0.25, -0.2) is 0 Å². The lowest BCUT2D eigenvalue weighted by molar-refractivity contribution is 0.0658. The van der Waals surface area contributed by atoms with Crippen LogP contribution in [-0.4, -0.2) is 27.4 Å². The molecule has 3 aliphatic rings. The molecule has 0 N–H and O–H groups in total. The molecule has 3 fully saturated rings. The van der Waals surface area contributed by atoms with Gasteiger partial charge in [0.25, 0.3) is 0 Å². The van der Waals surface area contributed by atoms with E-state index in [0.717, 1.165) is 72.4 Å². The van der Waals surface area contributed by atoms with E-state index in [-0.39, 0.29) is 0 Å². The van der Waals surface area contributed by atoms with Crippen molar-refractivity contribution in [2.75, 3.05) is 27.4 Å². The molecule has 3 saturated carbocycles. The van der Waals surface area contributed by atoms with Crippen molar-refractivity contribution in [3.63, 3.8) is 0 Å². The number of rotatable bonds is 10. The van der Waals surface area contributed by atoms with Gasteiger partial charge in [-0.3, -0.25) is 0 Å².